The van der Waals surface area contributed by atoms with E-state index in [-0.39, 0.29) is 11.8 Å². The summed E-state index contributed by atoms with van der Waals surface area (Å²) >= 11 is 3.30. The van der Waals surface area contributed by atoms with Crippen LogP contribution in [0.15, 0.2) is 65.0 Å². The normalized spacial score (nSPS) is 10.8. The number of hydrazine groups is 1. The van der Waals surface area contributed by atoms with Gasteiger partial charge in [0, 0.05) is 38.7 Å². The second kappa shape index (κ2) is 8.50. The highest BCUT2D eigenvalue weighted by molar-refractivity contribution is 7.98. The highest BCUT2D eigenvalue weighted by Crippen LogP contribution is 2.24. The van der Waals surface area contributed by atoms with E-state index in [9.17, 15) is 9.59 Å². The van der Waals surface area contributed by atoms with Gasteiger partial charge >= 0.3 is 0 Å². The molecule has 0 saturated heterocycles. The number of carbonyl (C=O) groups is 2. The Balaban J connectivity index is 1.33. The third-order valence-electron chi connectivity index (χ3n) is 4.29. The molecular formula is C21H18N4O2S2. The van der Waals surface area contributed by atoms with Crippen molar-refractivity contribution in [2.24, 2.45) is 0 Å². The van der Waals surface area contributed by atoms with Gasteiger partial charge in [0.15, 0.2) is 0 Å². The predicted molar refractivity (Wildman–Crippen MR) is 116 cm³/mol. The lowest BCUT2D eigenvalue weighted by Crippen LogP contribution is -2.41. The van der Waals surface area contributed by atoms with Crippen LogP contribution in [0.2, 0.25) is 0 Å². The molecule has 6 nitrogen and oxygen atoms in total. The molecule has 2 aromatic carbocycles. The Bertz CT molecular complexity index is 1160. The Hall–Kier alpha value is -3.10. The van der Waals surface area contributed by atoms with Crippen molar-refractivity contribution in [2.45, 2.75) is 17.6 Å². The fourth-order valence-corrected chi connectivity index (χ4v) is 4.36. The van der Waals surface area contributed by atoms with E-state index in [0.29, 0.717) is 11.1 Å². The molecule has 4 rings (SSSR count). The quantitative estimate of drug-likeness (QED) is 0.331. The molecule has 29 heavy (non-hydrogen) atoms. The number of thiazole rings is 1. The number of aromatic nitrogens is 2. The zero-order valence-corrected chi connectivity index (χ0v) is 17.2. The van der Waals surface area contributed by atoms with E-state index < -0.39 is 0 Å². The third-order valence-corrected chi connectivity index (χ3v) is 6.16. The first kappa shape index (κ1) is 19.2. The van der Waals surface area contributed by atoms with Gasteiger partial charge in [-0.1, -0.05) is 18.2 Å². The zero-order chi connectivity index (χ0) is 20.2. The molecule has 0 atom stereocenters. The molecule has 146 valence electrons. The van der Waals surface area contributed by atoms with Crippen molar-refractivity contribution >= 4 is 45.8 Å². The molecule has 0 fully saturated rings. The molecule has 0 aliphatic rings. The maximum Gasteiger partial charge on any atom is 0.271 e. The predicted octanol–water partition coefficient (Wildman–Crippen LogP) is 4.30. The molecule has 4 aromatic rings. The number of aromatic amines is 1. The number of fused-ring (bicyclic) bond motifs is 1. The summed E-state index contributed by atoms with van der Waals surface area (Å²) in [5.41, 5.74) is 7.80. The fraction of sp³-hybridized carbons (Fsp3) is 0.0952. The van der Waals surface area contributed by atoms with Gasteiger partial charge in [-0.15, -0.1) is 23.1 Å². The second-order valence-corrected chi connectivity index (χ2v) is 8.44. The van der Waals surface area contributed by atoms with Crippen molar-refractivity contribution in [3.63, 3.8) is 0 Å². The van der Waals surface area contributed by atoms with Gasteiger partial charge in [-0.25, -0.2) is 4.98 Å². The van der Waals surface area contributed by atoms with Crippen LogP contribution >= 0.6 is 23.1 Å². The number of nitrogens with one attached hydrogen (secondary N) is 3. The molecule has 2 heterocycles. The number of hydrogen-bond acceptors (Lipinski definition) is 5. The molecule has 0 unspecified atom stereocenters. The van der Waals surface area contributed by atoms with Crippen LogP contribution in [0.1, 0.15) is 31.4 Å². The number of thioether (sulfide) groups is 1. The summed E-state index contributed by atoms with van der Waals surface area (Å²) in [5.74, 6) is 0.0442. The molecular weight excluding hydrogens is 404 g/mol. The number of amides is 2. The molecule has 2 amide bonds. The number of hydrogen-bond donors (Lipinski definition) is 3. The lowest BCUT2D eigenvalue weighted by atomic mass is 10.2. The summed E-state index contributed by atoms with van der Waals surface area (Å²) in [5, 5.41) is 3.92. The van der Waals surface area contributed by atoms with Gasteiger partial charge in [0.1, 0.15) is 0 Å². The Labute approximate surface area is 175 Å². The van der Waals surface area contributed by atoms with E-state index in [0.717, 1.165) is 32.3 Å². The highest BCUT2D eigenvalue weighted by atomic mass is 32.2. The van der Waals surface area contributed by atoms with Gasteiger partial charge in [0.2, 0.25) is 0 Å². The van der Waals surface area contributed by atoms with Crippen LogP contribution in [0.4, 0.5) is 0 Å². The molecule has 0 spiro atoms. The molecule has 0 radical (unpaired) electrons. The van der Waals surface area contributed by atoms with Crippen LogP contribution in [0.25, 0.3) is 10.9 Å². The number of para-hydroxylation sites is 1. The van der Waals surface area contributed by atoms with Crippen LogP contribution in [0.3, 0.4) is 0 Å². The molecule has 8 heteroatoms. The molecule has 0 saturated carbocycles. The van der Waals surface area contributed by atoms with Crippen molar-refractivity contribution in [1.29, 1.82) is 0 Å². The van der Waals surface area contributed by atoms with E-state index in [4.69, 9.17) is 0 Å². The van der Waals surface area contributed by atoms with Crippen LogP contribution in [0, 0.1) is 6.92 Å². The molecule has 2 aromatic heterocycles. The largest absolute Gasteiger partial charge is 0.360 e. The summed E-state index contributed by atoms with van der Waals surface area (Å²) in [4.78, 5) is 33.2. The summed E-state index contributed by atoms with van der Waals surface area (Å²) in [7, 11) is 0. The molecule has 0 aliphatic heterocycles. The van der Waals surface area contributed by atoms with Crippen LogP contribution in [-0.4, -0.2) is 21.8 Å². The van der Waals surface area contributed by atoms with Gasteiger partial charge in [-0.05, 0) is 37.3 Å². The molecule has 0 bridgehead atoms. The zero-order valence-electron chi connectivity index (χ0n) is 15.6. The van der Waals surface area contributed by atoms with Crippen molar-refractivity contribution in [1.82, 2.24) is 20.8 Å². The van der Waals surface area contributed by atoms with Gasteiger partial charge < -0.3 is 4.98 Å². The van der Waals surface area contributed by atoms with Crippen LogP contribution < -0.4 is 10.9 Å². The van der Waals surface area contributed by atoms with E-state index in [1.165, 1.54) is 0 Å². The van der Waals surface area contributed by atoms with E-state index in [2.05, 4.69) is 26.2 Å². The molecule has 0 aliphatic carbocycles. The summed E-state index contributed by atoms with van der Waals surface area (Å²) in [6, 6.07) is 14.7. The van der Waals surface area contributed by atoms with Crippen LogP contribution in [-0.2, 0) is 5.75 Å². The average molecular weight is 423 g/mol. The first-order chi connectivity index (χ1) is 14.1. The number of H-pyrrole nitrogens is 1. The standard InChI is InChI=1S/C21H18N4O2S2/c1-13-23-15(11-28-13)12-29-16-8-6-14(7-9-16)20(26)24-25-21(27)18-10-22-19-5-3-2-4-17(18)19/h2-11,22H,12H2,1H3,(H,24,26)(H,25,27). The first-order valence-corrected chi connectivity index (χ1v) is 10.8. The van der Waals surface area contributed by atoms with Gasteiger partial charge in [0.05, 0.1) is 16.3 Å². The minimum Gasteiger partial charge on any atom is -0.360 e. The summed E-state index contributed by atoms with van der Waals surface area (Å²) < 4.78 is 0. The van der Waals surface area contributed by atoms with Crippen molar-refractivity contribution in [2.75, 3.05) is 0 Å². The lowest BCUT2D eigenvalue weighted by Gasteiger charge is -2.07. The number of aryl methyl sites for hydroxylation is 1. The Morgan fingerprint density at radius 3 is 2.59 bits per heavy atom. The number of benzene rings is 2. The Kier molecular flexibility index (Phi) is 5.64. The van der Waals surface area contributed by atoms with E-state index in [1.807, 2.05) is 43.3 Å². The van der Waals surface area contributed by atoms with E-state index >= 15 is 0 Å². The van der Waals surface area contributed by atoms with Gasteiger partial charge in [-0.2, -0.15) is 0 Å². The average Bonchev–Trinajstić information content (AvgIpc) is 3.36. The maximum atomic E-state index is 12.4. The van der Waals surface area contributed by atoms with Crippen molar-refractivity contribution in [3.8, 4) is 0 Å². The van der Waals surface area contributed by atoms with Gasteiger partial charge in [-0.3, -0.25) is 20.4 Å². The lowest BCUT2D eigenvalue weighted by molar-refractivity contribution is 0.0847. The molecule has 3 N–H and O–H groups in total. The second-order valence-electron chi connectivity index (χ2n) is 6.33. The SMILES string of the molecule is Cc1nc(CSc2ccc(C(=O)NNC(=O)c3c[nH]c4ccccc34)cc2)cs1. The monoisotopic (exact) mass is 422 g/mol. The van der Waals surface area contributed by atoms with Crippen LogP contribution in [0.5, 0.6) is 0 Å². The Morgan fingerprint density at radius 2 is 1.83 bits per heavy atom. The first-order valence-electron chi connectivity index (χ1n) is 8.91. The van der Waals surface area contributed by atoms with Gasteiger partial charge in [0.25, 0.3) is 11.8 Å². The highest BCUT2D eigenvalue weighted by Gasteiger charge is 2.13. The number of nitrogens with zero attached hydrogens (tertiary/aromatic N) is 1. The summed E-state index contributed by atoms with van der Waals surface area (Å²) in [6.45, 7) is 1.99. The summed E-state index contributed by atoms with van der Waals surface area (Å²) in [6.07, 6.45) is 1.63. The number of carbonyl (C=O) groups excluding carboxylic acids is 2. The Morgan fingerprint density at radius 1 is 1.07 bits per heavy atom. The smallest absolute Gasteiger partial charge is 0.271 e. The number of rotatable bonds is 5. The topological polar surface area (TPSA) is 86.9 Å². The minimum atomic E-state index is -0.374. The van der Waals surface area contributed by atoms with Crippen molar-refractivity contribution in [3.05, 3.63) is 81.9 Å². The maximum absolute atomic E-state index is 12.4. The van der Waals surface area contributed by atoms with Crippen molar-refractivity contribution < 1.29 is 9.59 Å². The minimum absolute atomic E-state index is 0.370. The van der Waals surface area contributed by atoms with E-state index in [1.54, 1.807) is 41.4 Å². The fourth-order valence-electron chi connectivity index (χ4n) is 2.85. The third kappa shape index (κ3) is 4.49.